The standard InChI is InChI=1S/C10H9BrO/c1-7-2-3-10-8(4-7)5-9(11)6-12-10/h2-5H,6H2,1H3. The summed E-state index contributed by atoms with van der Waals surface area (Å²) in [4.78, 5) is 0. The number of aryl methyl sites for hydroxylation is 1. The Hall–Kier alpha value is -0.760. The highest BCUT2D eigenvalue weighted by molar-refractivity contribution is 9.11. The Morgan fingerprint density at radius 1 is 1.42 bits per heavy atom. The summed E-state index contributed by atoms with van der Waals surface area (Å²) in [5.74, 6) is 0.976. The first-order valence-corrected chi connectivity index (χ1v) is 4.64. The summed E-state index contributed by atoms with van der Waals surface area (Å²) in [6.07, 6.45) is 2.10. The van der Waals surface area contributed by atoms with Crippen LogP contribution in [0.5, 0.6) is 5.75 Å². The van der Waals surface area contributed by atoms with E-state index in [2.05, 4.69) is 41.1 Å². The van der Waals surface area contributed by atoms with Gasteiger partial charge in [0, 0.05) is 10.0 Å². The molecule has 0 bridgehead atoms. The minimum Gasteiger partial charge on any atom is -0.488 e. The zero-order chi connectivity index (χ0) is 8.55. The van der Waals surface area contributed by atoms with Gasteiger partial charge in [0.15, 0.2) is 0 Å². The van der Waals surface area contributed by atoms with Crippen molar-refractivity contribution in [3.8, 4) is 5.75 Å². The molecule has 0 saturated heterocycles. The highest BCUT2D eigenvalue weighted by atomic mass is 79.9. The van der Waals surface area contributed by atoms with Crippen molar-refractivity contribution in [1.82, 2.24) is 0 Å². The highest BCUT2D eigenvalue weighted by Crippen LogP contribution is 2.28. The molecule has 0 radical (unpaired) electrons. The van der Waals surface area contributed by atoms with Gasteiger partial charge in [0.05, 0.1) is 0 Å². The Morgan fingerprint density at radius 2 is 2.25 bits per heavy atom. The second-order valence-corrected chi connectivity index (χ2v) is 3.94. The zero-order valence-electron chi connectivity index (χ0n) is 6.80. The normalized spacial score (nSPS) is 14.7. The van der Waals surface area contributed by atoms with Gasteiger partial charge in [-0.15, -0.1) is 0 Å². The molecular weight excluding hydrogens is 216 g/mol. The van der Waals surface area contributed by atoms with Crippen molar-refractivity contribution in [3.63, 3.8) is 0 Å². The Bertz CT molecular complexity index is 342. The van der Waals surface area contributed by atoms with Crippen LogP contribution in [0.3, 0.4) is 0 Å². The van der Waals surface area contributed by atoms with Crippen LogP contribution in [0.4, 0.5) is 0 Å². The number of fused-ring (bicyclic) bond motifs is 1. The molecule has 0 atom stereocenters. The summed E-state index contributed by atoms with van der Waals surface area (Å²) in [6, 6.07) is 6.20. The lowest BCUT2D eigenvalue weighted by Crippen LogP contribution is -2.03. The number of ether oxygens (including phenoxy) is 1. The average Bonchev–Trinajstić information content (AvgIpc) is 2.03. The van der Waals surface area contributed by atoms with E-state index in [1.54, 1.807) is 0 Å². The smallest absolute Gasteiger partial charge is 0.127 e. The van der Waals surface area contributed by atoms with Gasteiger partial charge >= 0.3 is 0 Å². The number of hydrogen-bond acceptors (Lipinski definition) is 1. The van der Waals surface area contributed by atoms with Crippen molar-refractivity contribution < 1.29 is 4.74 Å². The van der Waals surface area contributed by atoms with Crippen LogP contribution in [0.15, 0.2) is 22.7 Å². The van der Waals surface area contributed by atoms with Crippen molar-refractivity contribution in [1.29, 1.82) is 0 Å². The van der Waals surface area contributed by atoms with E-state index >= 15 is 0 Å². The maximum atomic E-state index is 5.48. The second-order valence-electron chi connectivity index (χ2n) is 2.92. The number of hydrogen-bond donors (Lipinski definition) is 0. The van der Waals surface area contributed by atoms with Crippen molar-refractivity contribution in [2.75, 3.05) is 6.61 Å². The minimum atomic E-state index is 0.649. The molecule has 0 unspecified atom stereocenters. The third-order valence-electron chi connectivity index (χ3n) is 1.84. The monoisotopic (exact) mass is 224 g/mol. The van der Waals surface area contributed by atoms with E-state index in [9.17, 15) is 0 Å². The van der Waals surface area contributed by atoms with E-state index in [4.69, 9.17) is 4.74 Å². The van der Waals surface area contributed by atoms with Gasteiger partial charge < -0.3 is 4.74 Å². The first-order chi connectivity index (χ1) is 5.75. The molecule has 0 spiro atoms. The van der Waals surface area contributed by atoms with Crippen LogP contribution in [-0.4, -0.2) is 6.61 Å². The summed E-state index contributed by atoms with van der Waals surface area (Å²) >= 11 is 3.42. The Morgan fingerprint density at radius 3 is 3.08 bits per heavy atom. The molecule has 0 aliphatic carbocycles. The first kappa shape index (κ1) is 7.87. The maximum Gasteiger partial charge on any atom is 0.127 e. The van der Waals surface area contributed by atoms with Crippen LogP contribution in [-0.2, 0) is 0 Å². The summed E-state index contributed by atoms with van der Waals surface area (Å²) in [5, 5.41) is 0. The van der Waals surface area contributed by atoms with Crippen molar-refractivity contribution in [2.45, 2.75) is 6.92 Å². The van der Waals surface area contributed by atoms with Gasteiger partial charge in [-0.2, -0.15) is 0 Å². The molecule has 0 N–H and O–H groups in total. The number of halogens is 1. The molecule has 1 aromatic carbocycles. The molecule has 1 aromatic rings. The zero-order valence-corrected chi connectivity index (χ0v) is 8.39. The predicted molar refractivity (Wildman–Crippen MR) is 53.6 cm³/mol. The molecule has 2 heteroatoms. The van der Waals surface area contributed by atoms with Crippen LogP contribution >= 0.6 is 15.9 Å². The predicted octanol–water partition coefficient (Wildman–Crippen LogP) is 3.12. The van der Waals surface area contributed by atoms with Crippen molar-refractivity contribution >= 4 is 22.0 Å². The number of rotatable bonds is 0. The van der Waals surface area contributed by atoms with Gasteiger partial charge in [-0.1, -0.05) is 27.6 Å². The lowest BCUT2D eigenvalue weighted by atomic mass is 10.1. The summed E-state index contributed by atoms with van der Waals surface area (Å²) < 4.78 is 6.57. The molecule has 1 aliphatic heterocycles. The van der Waals surface area contributed by atoms with Gasteiger partial charge in [-0.3, -0.25) is 0 Å². The fourth-order valence-corrected chi connectivity index (χ4v) is 1.63. The van der Waals surface area contributed by atoms with Gasteiger partial charge in [0.25, 0.3) is 0 Å². The van der Waals surface area contributed by atoms with Crippen molar-refractivity contribution in [2.24, 2.45) is 0 Å². The minimum absolute atomic E-state index is 0.649. The lowest BCUT2D eigenvalue weighted by molar-refractivity contribution is 0.356. The molecule has 1 nitrogen and oxygen atoms in total. The maximum absolute atomic E-state index is 5.48. The summed E-state index contributed by atoms with van der Waals surface area (Å²) in [5.41, 5.74) is 2.42. The molecule has 1 aliphatic rings. The SMILES string of the molecule is Cc1ccc2c(c1)C=C(Br)CO2. The van der Waals surface area contributed by atoms with E-state index in [1.807, 2.05) is 6.07 Å². The van der Waals surface area contributed by atoms with Gasteiger partial charge in [-0.25, -0.2) is 0 Å². The third-order valence-corrected chi connectivity index (χ3v) is 2.30. The molecule has 0 fully saturated rings. The van der Waals surface area contributed by atoms with Gasteiger partial charge in [0.2, 0.25) is 0 Å². The Balaban J connectivity index is 2.53. The molecule has 0 saturated carbocycles. The summed E-state index contributed by atoms with van der Waals surface area (Å²) in [7, 11) is 0. The number of benzene rings is 1. The fraction of sp³-hybridized carbons (Fsp3) is 0.200. The van der Waals surface area contributed by atoms with Crippen LogP contribution < -0.4 is 4.74 Å². The molecule has 0 amide bonds. The van der Waals surface area contributed by atoms with Crippen LogP contribution in [0.25, 0.3) is 6.08 Å². The fourth-order valence-electron chi connectivity index (χ4n) is 1.27. The highest BCUT2D eigenvalue weighted by Gasteiger charge is 2.08. The van der Waals surface area contributed by atoms with E-state index in [1.165, 1.54) is 5.56 Å². The quantitative estimate of drug-likeness (QED) is 0.659. The Labute approximate surface area is 80.2 Å². The third kappa shape index (κ3) is 1.39. The van der Waals surface area contributed by atoms with Gasteiger partial charge in [-0.05, 0) is 25.1 Å². The molecular formula is C10H9BrO. The molecule has 2 rings (SSSR count). The van der Waals surface area contributed by atoms with Crippen LogP contribution in [0.2, 0.25) is 0 Å². The Kier molecular flexibility index (Phi) is 1.93. The second kappa shape index (κ2) is 2.94. The van der Waals surface area contributed by atoms with Crippen LogP contribution in [0.1, 0.15) is 11.1 Å². The van der Waals surface area contributed by atoms with E-state index < -0.39 is 0 Å². The molecule has 0 aromatic heterocycles. The van der Waals surface area contributed by atoms with E-state index in [-0.39, 0.29) is 0 Å². The van der Waals surface area contributed by atoms with Gasteiger partial charge in [0.1, 0.15) is 12.4 Å². The summed E-state index contributed by atoms with van der Waals surface area (Å²) in [6.45, 7) is 2.73. The largest absolute Gasteiger partial charge is 0.488 e. The van der Waals surface area contributed by atoms with E-state index in [0.717, 1.165) is 15.8 Å². The molecule has 1 heterocycles. The van der Waals surface area contributed by atoms with Crippen LogP contribution in [0, 0.1) is 6.92 Å². The lowest BCUT2D eigenvalue weighted by Gasteiger charge is -2.14. The van der Waals surface area contributed by atoms with E-state index in [0.29, 0.717) is 6.61 Å². The molecule has 62 valence electrons. The van der Waals surface area contributed by atoms with Crippen molar-refractivity contribution in [3.05, 3.63) is 33.8 Å². The first-order valence-electron chi connectivity index (χ1n) is 3.85. The molecule has 12 heavy (non-hydrogen) atoms. The average molecular weight is 225 g/mol. The topological polar surface area (TPSA) is 9.23 Å².